The summed E-state index contributed by atoms with van der Waals surface area (Å²) in [5, 5.41) is 5.63. The zero-order valence-corrected chi connectivity index (χ0v) is 16.2. The lowest BCUT2D eigenvalue weighted by atomic mass is 9.77. The maximum atomic E-state index is 5.87. The van der Waals surface area contributed by atoms with Gasteiger partial charge in [-0.1, -0.05) is 49.3 Å². The molecule has 1 aliphatic heterocycles. The first-order valence-corrected chi connectivity index (χ1v) is 9.23. The molecule has 27 heavy (non-hydrogen) atoms. The second-order valence-electron chi connectivity index (χ2n) is 7.64. The molecule has 0 fully saturated rings. The minimum Gasteiger partial charge on any atom is -0.497 e. The highest BCUT2D eigenvalue weighted by Gasteiger charge is 2.43. The van der Waals surface area contributed by atoms with Crippen molar-refractivity contribution >= 4 is 16.6 Å². The van der Waals surface area contributed by atoms with Gasteiger partial charge >= 0.3 is 0 Å². The summed E-state index contributed by atoms with van der Waals surface area (Å²) in [6, 6.07) is 18.4. The minimum absolute atomic E-state index is 0.0632. The first-order chi connectivity index (χ1) is 13.0. The first-order valence-electron chi connectivity index (χ1n) is 9.23. The maximum absolute atomic E-state index is 5.87. The van der Waals surface area contributed by atoms with Crippen molar-refractivity contribution in [1.82, 2.24) is 4.98 Å². The van der Waals surface area contributed by atoms with Gasteiger partial charge in [0.2, 0.25) is 0 Å². The molecule has 4 heteroatoms. The fourth-order valence-corrected chi connectivity index (χ4v) is 3.72. The van der Waals surface area contributed by atoms with Crippen LogP contribution in [-0.4, -0.2) is 23.9 Å². The van der Waals surface area contributed by atoms with Crippen molar-refractivity contribution in [2.24, 2.45) is 10.6 Å². The van der Waals surface area contributed by atoms with Crippen LogP contribution in [0.5, 0.6) is 5.75 Å². The Labute approximate surface area is 159 Å². The van der Waals surface area contributed by atoms with Crippen molar-refractivity contribution < 1.29 is 9.57 Å². The van der Waals surface area contributed by atoms with Crippen LogP contribution in [0.3, 0.4) is 0 Å². The highest BCUT2D eigenvalue weighted by molar-refractivity contribution is 6.05. The molecule has 138 valence electrons. The summed E-state index contributed by atoms with van der Waals surface area (Å²) >= 11 is 0. The van der Waals surface area contributed by atoms with Crippen molar-refractivity contribution in [3.63, 3.8) is 0 Å². The number of benzene rings is 2. The summed E-state index contributed by atoms with van der Waals surface area (Å²) in [5.74, 6) is 0.821. The van der Waals surface area contributed by atoms with Crippen LogP contribution in [0.2, 0.25) is 0 Å². The smallest absolute Gasteiger partial charge is 0.143 e. The number of oxime groups is 1. The summed E-state index contributed by atoms with van der Waals surface area (Å²) in [4.78, 5) is 10.7. The van der Waals surface area contributed by atoms with Gasteiger partial charge < -0.3 is 9.57 Å². The van der Waals surface area contributed by atoms with Gasteiger partial charge in [0.05, 0.1) is 23.8 Å². The van der Waals surface area contributed by atoms with E-state index in [1.54, 1.807) is 7.11 Å². The Morgan fingerprint density at radius 3 is 2.70 bits per heavy atom. The molecule has 0 radical (unpaired) electrons. The van der Waals surface area contributed by atoms with Gasteiger partial charge in [-0.15, -0.1) is 0 Å². The largest absolute Gasteiger partial charge is 0.497 e. The number of rotatable bonds is 4. The van der Waals surface area contributed by atoms with Gasteiger partial charge in [0.25, 0.3) is 0 Å². The topological polar surface area (TPSA) is 43.7 Å². The monoisotopic (exact) mass is 360 g/mol. The summed E-state index contributed by atoms with van der Waals surface area (Å²) in [7, 11) is 1.67. The number of hydrogen-bond donors (Lipinski definition) is 0. The number of pyridine rings is 1. The second-order valence-corrected chi connectivity index (χ2v) is 7.64. The lowest BCUT2D eigenvalue weighted by Gasteiger charge is -2.26. The predicted octanol–water partition coefficient (Wildman–Crippen LogP) is 4.92. The van der Waals surface area contributed by atoms with Gasteiger partial charge in [-0.3, -0.25) is 4.98 Å². The quantitative estimate of drug-likeness (QED) is 0.663. The lowest BCUT2D eigenvalue weighted by Crippen LogP contribution is -2.35. The predicted molar refractivity (Wildman–Crippen MR) is 108 cm³/mol. The molecule has 0 N–H and O–H groups in total. The molecule has 0 saturated carbocycles. The molecule has 4 nitrogen and oxygen atoms in total. The molecule has 1 aliphatic rings. The van der Waals surface area contributed by atoms with Crippen molar-refractivity contribution in [1.29, 1.82) is 0 Å². The van der Waals surface area contributed by atoms with E-state index in [2.05, 4.69) is 44.1 Å². The van der Waals surface area contributed by atoms with E-state index in [-0.39, 0.29) is 11.5 Å². The number of fused-ring (bicyclic) bond motifs is 1. The van der Waals surface area contributed by atoms with Crippen LogP contribution in [0, 0.1) is 12.3 Å². The summed E-state index contributed by atoms with van der Waals surface area (Å²) < 4.78 is 5.35. The van der Waals surface area contributed by atoms with Crippen LogP contribution in [0.4, 0.5) is 0 Å². The Bertz CT molecular complexity index is 1020. The molecule has 4 rings (SSSR count). The molecule has 0 bridgehead atoms. The Hall–Kier alpha value is -2.88. The highest BCUT2D eigenvalue weighted by Crippen LogP contribution is 2.37. The van der Waals surface area contributed by atoms with Gasteiger partial charge in [-0.25, -0.2) is 0 Å². The van der Waals surface area contributed by atoms with Gasteiger partial charge in [-0.2, -0.15) is 0 Å². The SMILES string of the molecule is COc1cccc(C2=NOC(Cc3cc(C)c4ccccc4n3)C2(C)C)c1. The second kappa shape index (κ2) is 6.69. The number of ether oxygens (including phenoxy) is 1. The number of aromatic nitrogens is 1. The normalized spacial score (nSPS) is 18.2. The number of nitrogens with zero attached hydrogens (tertiary/aromatic N) is 2. The van der Waals surface area contributed by atoms with Gasteiger partial charge in [0.15, 0.2) is 0 Å². The fourth-order valence-electron chi connectivity index (χ4n) is 3.72. The Morgan fingerprint density at radius 2 is 1.89 bits per heavy atom. The maximum Gasteiger partial charge on any atom is 0.143 e. The molecule has 2 aromatic carbocycles. The molecule has 3 aromatic rings. The minimum atomic E-state index is -0.229. The summed E-state index contributed by atoms with van der Waals surface area (Å²) in [5.41, 5.74) is 5.05. The Balaban J connectivity index is 1.61. The van der Waals surface area contributed by atoms with Crippen LogP contribution >= 0.6 is 0 Å². The number of aryl methyl sites for hydroxylation is 1. The third kappa shape index (κ3) is 3.16. The van der Waals surface area contributed by atoms with E-state index >= 15 is 0 Å². The van der Waals surface area contributed by atoms with E-state index < -0.39 is 0 Å². The number of para-hydroxylation sites is 1. The Morgan fingerprint density at radius 1 is 1.07 bits per heavy atom. The van der Waals surface area contributed by atoms with Crippen LogP contribution in [-0.2, 0) is 11.3 Å². The zero-order valence-electron chi connectivity index (χ0n) is 16.2. The summed E-state index contributed by atoms with van der Waals surface area (Å²) in [6.07, 6.45) is 0.655. The molecule has 1 aromatic heterocycles. The van der Waals surface area contributed by atoms with Crippen LogP contribution in [0.25, 0.3) is 10.9 Å². The van der Waals surface area contributed by atoms with E-state index in [0.29, 0.717) is 0 Å². The zero-order chi connectivity index (χ0) is 19.0. The van der Waals surface area contributed by atoms with E-state index in [1.165, 1.54) is 10.9 Å². The third-order valence-electron chi connectivity index (χ3n) is 5.40. The highest BCUT2D eigenvalue weighted by atomic mass is 16.6. The molecular formula is C23H24N2O2. The molecule has 0 spiro atoms. The van der Waals surface area contributed by atoms with E-state index in [9.17, 15) is 0 Å². The average molecular weight is 360 g/mol. The fraction of sp³-hybridized carbons (Fsp3) is 0.304. The lowest BCUT2D eigenvalue weighted by molar-refractivity contribution is 0.0365. The molecule has 1 atom stereocenters. The Kier molecular flexibility index (Phi) is 4.34. The molecule has 0 aliphatic carbocycles. The van der Waals surface area contributed by atoms with Crippen molar-refractivity contribution in [2.75, 3.05) is 7.11 Å². The van der Waals surface area contributed by atoms with E-state index in [4.69, 9.17) is 14.6 Å². The van der Waals surface area contributed by atoms with Crippen molar-refractivity contribution in [3.8, 4) is 5.75 Å². The molecule has 2 heterocycles. The van der Waals surface area contributed by atoms with Gasteiger partial charge in [-0.05, 0) is 36.8 Å². The molecule has 1 unspecified atom stereocenters. The van der Waals surface area contributed by atoms with Crippen LogP contribution < -0.4 is 4.74 Å². The summed E-state index contributed by atoms with van der Waals surface area (Å²) in [6.45, 7) is 6.49. The molecule has 0 amide bonds. The first kappa shape index (κ1) is 17.5. The van der Waals surface area contributed by atoms with Crippen LogP contribution in [0.1, 0.15) is 30.7 Å². The number of methoxy groups -OCH3 is 1. The standard InChI is InChI=1S/C23H24N2O2/c1-15-12-17(24-20-11-6-5-10-19(15)20)14-21-23(2,3)22(25-27-21)16-8-7-9-18(13-16)26-4/h5-13,21H,14H2,1-4H3. The van der Waals surface area contributed by atoms with Crippen molar-refractivity contribution in [3.05, 3.63) is 71.4 Å². The number of hydrogen-bond acceptors (Lipinski definition) is 4. The van der Waals surface area contributed by atoms with Crippen LogP contribution in [0.15, 0.2) is 59.8 Å². The van der Waals surface area contributed by atoms with Crippen molar-refractivity contribution in [2.45, 2.75) is 33.3 Å². The van der Waals surface area contributed by atoms with E-state index in [0.717, 1.165) is 34.7 Å². The third-order valence-corrected chi connectivity index (χ3v) is 5.40. The molecule has 0 saturated heterocycles. The van der Waals surface area contributed by atoms with Gasteiger partial charge in [0, 0.05) is 23.1 Å². The average Bonchev–Trinajstić information content (AvgIpc) is 2.96. The molecular weight excluding hydrogens is 336 g/mol. The van der Waals surface area contributed by atoms with E-state index in [1.807, 2.05) is 36.4 Å². The van der Waals surface area contributed by atoms with Gasteiger partial charge in [0.1, 0.15) is 11.9 Å².